The Labute approximate surface area is 118 Å². The van der Waals surface area contributed by atoms with Gasteiger partial charge in [0.05, 0.1) is 25.7 Å². The molecule has 0 aromatic carbocycles. The maximum Gasteiger partial charge on any atom is 0.320 e. The lowest BCUT2D eigenvalue weighted by molar-refractivity contribution is -0.139. The van der Waals surface area contributed by atoms with Crippen LogP contribution in [0.25, 0.3) is 0 Å². The van der Waals surface area contributed by atoms with Crippen molar-refractivity contribution in [3.63, 3.8) is 0 Å². The number of hydrogen-bond donors (Lipinski definition) is 2. The van der Waals surface area contributed by atoms with E-state index in [2.05, 4.69) is 5.32 Å². The number of hydrogen-bond acceptors (Lipinski definition) is 4. The molecule has 2 fully saturated rings. The molecule has 2 aliphatic rings. The summed E-state index contributed by atoms with van der Waals surface area (Å²) in [4.78, 5) is 26.9. The van der Waals surface area contributed by atoms with Crippen molar-refractivity contribution in [3.05, 3.63) is 0 Å². The predicted molar refractivity (Wildman–Crippen MR) is 72.6 cm³/mol. The standard InChI is InChI=1S/C13H23N3O4/c1-15(10-2-4-14-5-3-10)13(19)16-6-7-20-9-11(16)8-12(17)18/h10-11,14H,2-9H2,1H3,(H,17,18). The molecule has 2 aliphatic heterocycles. The Morgan fingerprint density at radius 2 is 2.10 bits per heavy atom. The molecule has 0 aromatic rings. The van der Waals surface area contributed by atoms with E-state index in [0.717, 1.165) is 25.9 Å². The number of nitrogens with one attached hydrogen (secondary N) is 1. The Morgan fingerprint density at radius 3 is 2.75 bits per heavy atom. The molecule has 2 N–H and O–H groups in total. The highest BCUT2D eigenvalue weighted by molar-refractivity contribution is 5.76. The second kappa shape index (κ2) is 6.90. The van der Waals surface area contributed by atoms with Crippen LogP contribution >= 0.6 is 0 Å². The topological polar surface area (TPSA) is 82.1 Å². The average molecular weight is 285 g/mol. The largest absolute Gasteiger partial charge is 0.481 e. The van der Waals surface area contributed by atoms with Crippen LogP contribution in [0.15, 0.2) is 0 Å². The summed E-state index contributed by atoms with van der Waals surface area (Å²) >= 11 is 0. The van der Waals surface area contributed by atoms with Crippen LogP contribution in [0.4, 0.5) is 4.79 Å². The van der Waals surface area contributed by atoms with Crippen molar-refractivity contribution >= 4 is 12.0 Å². The Balaban J connectivity index is 1.98. The van der Waals surface area contributed by atoms with Crippen molar-refractivity contribution in [2.75, 3.05) is 39.9 Å². The first kappa shape index (κ1) is 15.1. The van der Waals surface area contributed by atoms with Crippen LogP contribution in [0, 0.1) is 0 Å². The number of carboxylic acids is 1. The first-order valence-corrected chi connectivity index (χ1v) is 7.13. The highest BCUT2D eigenvalue weighted by atomic mass is 16.5. The van der Waals surface area contributed by atoms with E-state index in [9.17, 15) is 9.59 Å². The highest BCUT2D eigenvalue weighted by Crippen LogP contribution is 2.17. The number of rotatable bonds is 3. The van der Waals surface area contributed by atoms with E-state index in [1.807, 2.05) is 7.05 Å². The molecule has 2 heterocycles. The lowest BCUT2D eigenvalue weighted by Gasteiger charge is -2.40. The molecule has 0 aliphatic carbocycles. The van der Waals surface area contributed by atoms with Gasteiger partial charge in [-0.3, -0.25) is 4.79 Å². The second-order valence-corrected chi connectivity index (χ2v) is 5.39. The van der Waals surface area contributed by atoms with Crippen molar-refractivity contribution < 1.29 is 19.4 Å². The summed E-state index contributed by atoms with van der Waals surface area (Å²) in [5.41, 5.74) is 0. The lowest BCUT2D eigenvalue weighted by Crippen LogP contribution is -2.56. The van der Waals surface area contributed by atoms with Crippen molar-refractivity contribution in [2.24, 2.45) is 0 Å². The van der Waals surface area contributed by atoms with Crippen molar-refractivity contribution in [1.29, 1.82) is 0 Å². The quantitative estimate of drug-likeness (QED) is 0.761. The van der Waals surface area contributed by atoms with Crippen molar-refractivity contribution in [1.82, 2.24) is 15.1 Å². The van der Waals surface area contributed by atoms with Gasteiger partial charge in [0.1, 0.15) is 0 Å². The SMILES string of the molecule is CN(C(=O)N1CCOCC1CC(=O)O)C1CCNCC1. The maximum absolute atomic E-state index is 12.6. The fourth-order valence-corrected chi connectivity index (χ4v) is 2.83. The minimum atomic E-state index is -0.900. The van der Waals surface area contributed by atoms with Gasteiger partial charge in [-0.2, -0.15) is 0 Å². The predicted octanol–water partition coefficient (Wildman–Crippen LogP) is -0.0343. The van der Waals surface area contributed by atoms with Crippen LogP contribution in [0.5, 0.6) is 0 Å². The van der Waals surface area contributed by atoms with E-state index in [4.69, 9.17) is 9.84 Å². The first-order chi connectivity index (χ1) is 9.59. The maximum atomic E-state index is 12.6. The molecule has 20 heavy (non-hydrogen) atoms. The molecule has 2 rings (SSSR count). The monoisotopic (exact) mass is 285 g/mol. The molecule has 2 saturated heterocycles. The minimum Gasteiger partial charge on any atom is -0.481 e. The molecule has 1 unspecified atom stereocenters. The van der Waals surface area contributed by atoms with E-state index < -0.39 is 5.97 Å². The third-order valence-corrected chi connectivity index (χ3v) is 4.04. The Morgan fingerprint density at radius 1 is 1.40 bits per heavy atom. The number of carboxylic acid groups (broad SMARTS) is 1. The molecule has 0 bridgehead atoms. The molecular weight excluding hydrogens is 262 g/mol. The number of amides is 2. The normalized spacial score (nSPS) is 24.4. The van der Waals surface area contributed by atoms with E-state index in [1.165, 1.54) is 0 Å². The van der Waals surface area contributed by atoms with Gasteiger partial charge in [-0.1, -0.05) is 0 Å². The fraction of sp³-hybridized carbons (Fsp3) is 0.846. The Hall–Kier alpha value is -1.34. The van der Waals surface area contributed by atoms with Gasteiger partial charge in [0, 0.05) is 19.6 Å². The first-order valence-electron chi connectivity index (χ1n) is 7.13. The van der Waals surface area contributed by atoms with Crippen LogP contribution in [0.1, 0.15) is 19.3 Å². The summed E-state index contributed by atoms with van der Waals surface area (Å²) in [6.45, 7) is 3.08. The molecule has 0 aromatic heterocycles. The zero-order chi connectivity index (χ0) is 14.5. The number of carbonyl (C=O) groups is 2. The highest BCUT2D eigenvalue weighted by Gasteiger charge is 2.33. The minimum absolute atomic E-state index is 0.0637. The third-order valence-electron chi connectivity index (χ3n) is 4.04. The number of nitrogens with zero attached hydrogens (tertiary/aromatic N) is 2. The molecule has 1 atom stereocenters. The molecule has 2 amide bonds. The lowest BCUT2D eigenvalue weighted by atomic mass is 10.1. The van der Waals surface area contributed by atoms with E-state index in [0.29, 0.717) is 19.8 Å². The van der Waals surface area contributed by atoms with Gasteiger partial charge in [-0.05, 0) is 25.9 Å². The van der Waals surface area contributed by atoms with E-state index >= 15 is 0 Å². The molecule has 114 valence electrons. The summed E-state index contributed by atoms with van der Waals surface area (Å²) in [7, 11) is 1.81. The molecular formula is C13H23N3O4. The second-order valence-electron chi connectivity index (χ2n) is 5.39. The number of piperidine rings is 1. The Bertz CT molecular complexity index is 358. The summed E-state index contributed by atoms with van der Waals surface area (Å²) in [5.74, 6) is -0.900. The zero-order valence-electron chi connectivity index (χ0n) is 11.9. The van der Waals surface area contributed by atoms with Gasteiger partial charge in [0.25, 0.3) is 0 Å². The summed E-state index contributed by atoms with van der Waals surface area (Å²) < 4.78 is 5.30. The number of aliphatic carboxylic acids is 1. The van der Waals surface area contributed by atoms with Crippen LogP contribution in [-0.2, 0) is 9.53 Å². The zero-order valence-corrected chi connectivity index (χ0v) is 11.9. The number of urea groups is 1. The van der Waals surface area contributed by atoms with Crippen molar-refractivity contribution in [2.45, 2.75) is 31.3 Å². The molecule has 0 saturated carbocycles. The molecule has 7 heteroatoms. The average Bonchev–Trinajstić information content (AvgIpc) is 2.46. The number of ether oxygens (including phenoxy) is 1. The number of morpholine rings is 1. The van der Waals surface area contributed by atoms with Gasteiger partial charge in [-0.15, -0.1) is 0 Å². The fourth-order valence-electron chi connectivity index (χ4n) is 2.83. The number of carbonyl (C=O) groups excluding carboxylic acids is 1. The van der Waals surface area contributed by atoms with Gasteiger partial charge in [0.2, 0.25) is 0 Å². The van der Waals surface area contributed by atoms with Gasteiger partial charge >= 0.3 is 12.0 Å². The van der Waals surface area contributed by atoms with E-state index in [1.54, 1.807) is 9.80 Å². The van der Waals surface area contributed by atoms with Crippen LogP contribution in [0.2, 0.25) is 0 Å². The van der Waals surface area contributed by atoms with Crippen LogP contribution in [-0.4, -0.2) is 78.9 Å². The van der Waals surface area contributed by atoms with Gasteiger partial charge in [-0.25, -0.2) is 4.79 Å². The van der Waals surface area contributed by atoms with Gasteiger partial charge < -0.3 is 25.0 Å². The van der Waals surface area contributed by atoms with E-state index in [-0.39, 0.29) is 24.5 Å². The summed E-state index contributed by atoms with van der Waals surface area (Å²) in [5, 5.41) is 12.2. The van der Waals surface area contributed by atoms with Gasteiger partial charge in [0.15, 0.2) is 0 Å². The third kappa shape index (κ3) is 3.61. The smallest absolute Gasteiger partial charge is 0.320 e. The molecule has 0 spiro atoms. The van der Waals surface area contributed by atoms with Crippen molar-refractivity contribution in [3.8, 4) is 0 Å². The van der Waals surface area contributed by atoms with Crippen LogP contribution in [0.3, 0.4) is 0 Å². The summed E-state index contributed by atoms with van der Waals surface area (Å²) in [6.07, 6.45) is 1.82. The van der Waals surface area contributed by atoms with Crippen LogP contribution < -0.4 is 5.32 Å². The Kier molecular flexibility index (Phi) is 5.19. The molecule has 0 radical (unpaired) electrons. The summed E-state index contributed by atoms with van der Waals surface area (Å²) in [6, 6.07) is -0.207. The molecule has 7 nitrogen and oxygen atoms in total.